The molecule has 1 heterocycles. The molecular formula is C25H30N2O3S. The number of carbonyl (C=O) groups excluding carboxylic acids is 2. The molecule has 5 nitrogen and oxygen atoms in total. The molecule has 0 aliphatic rings. The van der Waals surface area contributed by atoms with Crippen molar-refractivity contribution >= 4 is 33.4 Å². The Morgan fingerprint density at radius 1 is 1.00 bits per heavy atom. The predicted octanol–water partition coefficient (Wildman–Crippen LogP) is 4.84. The van der Waals surface area contributed by atoms with Crippen LogP contribution >= 0.6 is 11.3 Å². The zero-order chi connectivity index (χ0) is 22.2. The fraction of sp³-hybridized carbons (Fsp3) is 0.400. The molecule has 1 aromatic heterocycles. The highest BCUT2D eigenvalue weighted by atomic mass is 32.1. The Hall–Kier alpha value is -2.73. The van der Waals surface area contributed by atoms with Gasteiger partial charge >= 0.3 is 5.97 Å². The molecular weight excluding hydrogens is 408 g/mol. The molecule has 3 aromatic rings. The number of hydrogen-bond donors (Lipinski definition) is 0. The maximum absolute atomic E-state index is 12.7. The summed E-state index contributed by atoms with van der Waals surface area (Å²) in [7, 11) is 0. The summed E-state index contributed by atoms with van der Waals surface area (Å²) in [6, 6.07) is 14.3. The molecule has 6 heteroatoms. The summed E-state index contributed by atoms with van der Waals surface area (Å²) in [6.07, 6.45) is 4.49. The monoisotopic (exact) mass is 438 g/mol. The highest BCUT2D eigenvalue weighted by Gasteiger charge is 2.13. The molecule has 0 bridgehead atoms. The number of benzene rings is 2. The van der Waals surface area contributed by atoms with Gasteiger partial charge in [-0.1, -0.05) is 61.9 Å². The van der Waals surface area contributed by atoms with Crippen molar-refractivity contribution in [3.63, 3.8) is 0 Å². The third-order valence-corrected chi connectivity index (χ3v) is 6.21. The number of unbranched alkanes of at least 4 members (excludes halogenated alkanes) is 1. The van der Waals surface area contributed by atoms with Crippen LogP contribution in [-0.2, 0) is 40.1 Å². The Morgan fingerprint density at radius 3 is 2.39 bits per heavy atom. The van der Waals surface area contributed by atoms with Gasteiger partial charge in [-0.3, -0.25) is 9.59 Å². The van der Waals surface area contributed by atoms with Crippen LogP contribution in [0.5, 0.6) is 0 Å². The van der Waals surface area contributed by atoms with E-state index in [1.807, 2.05) is 30.3 Å². The second kappa shape index (κ2) is 11.0. The zero-order valence-corrected chi connectivity index (χ0v) is 19.3. The number of ether oxygens (including phenoxy) is 1. The van der Waals surface area contributed by atoms with Gasteiger partial charge in [0.05, 0.1) is 23.2 Å². The summed E-state index contributed by atoms with van der Waals surface area (Å²) in [5, 5.41) is 0. The molecule has 0 aliphatic carbocycles. The third-order valence-electron chi connectivity index (χ3n) is 5.17. The van der Waals surface area contributed by atoms with E-state index in [-0.39, 0.29) is 24.8 Å². The van der Waals surface area contributed by atoms with Crippen LogP contribution in [0.3, 0.4) is 0 Å². The average molecular weight is 439 g/mol. The summed E-state index contributed by atoms with van der Waals surface area (Å²) >= 11 is 1.44. The van der Waals surface area contributed by atoms with Crippen LogP contribution in [0.4, 0.5) is 0 Å². The van der Waals surface area contributed by atoms with Crippen molar-refractivity contribution in [1.82, 2.24) is 4.57 Å². The van der Waals surface area contributed by atoms with E-state index in [4.69, 9.17) is 4.74 Å². The topological polar surface area (TPSA) is 60.7 Å². The second-order valence-electron chi connectivity index (χ2n) is 7.53. The van der Waals surface area contributed by atoms with Crippen molar-refractivity contribution in [2.24, 2.45) is 4.99 Å². The van der Waals surface area contributed by atoms with Crippen molar-refractivity contribution in [3.05, 3.63) is 64.0 Å². The Bertz CT molecular complexity index is 1110. The van der Waals surface area contributed by atoms with Crippen LogP contribution in [0, 0.1) is 0 Å². The molecule has 0 unspecified atom stereocenters. The maximum Gasteiger partial charge on any atom is 0.326 e. The Labute approximate surface area is 187 Å². The number of nitrogens with zero attached hydrogens (tertiary/aromatic N) is 2. The summed E-state index contributed by atoms with van der Waals surface area (Å²) in [6.45, 7) is 6.43. The highest BCUT2D eigenvalue weighted by molar-refractivity contribution is 7.16. The van der Waals surface area contributed by atoms with Gasteiger partial charge in [0.25, 0.3) is 5.91 Å². The lowest BCUT2D eigenvalue weighted by molar-refractivity contribution is -0.143. The fourth-order valence-electron chi connectivity index (χ4n) is 3.44. The minimum atomic E-state index is -0.332. The predicted molar refractivity (Wildman–Crippen MR) is 125 cm³/mol. The number of thiazole rings is 1. The number of aryl methyl sites for hydroxylation is 2. The maximum atomic E-state index is 12.7. The lowest BCUT2D eigenvalue weighted by Crippen LogP contribution is -2.23. The van der Waals surface area contributed by atoms with Crippen molar-refractivity contribution in [2.75, 3.05) is 6.61 Å². The largest absolute Gasteiger partial charge is 0.465 e. The number of rotatable bonds is 9. The van der Waals surface area contributed by atoms with Crippen LogP contribution in [-0.4, -0.2) is 23.1 Å². The summed E-state index contributed by atoms with van der Waals surface area (Å²) in [5.41, 5.74) is 4.33. The van der Waals surface area contributed by atoms with Crippen molar-refractivity contribution in [3.8, 4) is 0 Å². The van der Waals surface area contributed by atoms with Gasteiger partial charge in [0.1, 0.15) is 6.54 Å². The second-order valence-corrected chi connectivity index (χ2v) is 8.54. The molecule has 164 valence electrons. The SMILES string of the molecule is CCCCc1ccc2c(c1)sc(=NC(=O)Cc1ccc(CC)cc1)n2CC(=O)OCC. The van der Waals surface area contributed by atoms with Gasteiger partial charge < -0.3 is 9.30 Å². The molecule has 3 rings (SSSR count). The zero-order valence-electron chi connectivity index (χ0n) is 18.5. The van der Waals surface area contributed by atoms with E-state index in [1.165, 1.54) is 22.5 Å². The number of fused-ring (bicyclic) bond motifs is 1. The number of esters is 1. The van der Waals surface area contributed by atoms with Gasteiger partial charge in [-0.2, -0.15) is 4.99 Å². The number of aromatic nitrogens is 1. The molecule has 0 spiro atoms. The van der Waals surface area contributed by atoms with Gasteiger partial charge in [0, 0.05) is 0 Å². The molecule has 0 fully saturated rings. The smallest absolute Gasteiger partial charge is 0.326 e. The summed E-state index contributed by atoms with van der Waals surface area (Å²) in [5.74, 6) is -0.555. The van der Waals surface area contributed by atoms with Gasteiger partial charge in [-0.15, -0.1) is 0 Å². The molecule has 0 radical (unpaired) electrons. The molecule has 31 heavy (non-hydrogen) atoms. The first-order chi connectivity index (χ1) is 15.0. The van der Waals surface area contributed by atoms with Gasteiger partial charge in [-0.05, 0) is 55.0 Å². The normalized spacial score (nSPS) is 11.8. The van der Waals surface area contributed by atoms with Crippen molar-refractivity contribution < 1.29 is 14.3 Å². The fourth-order valence-corrected chi connectivity index (χ4v) is 4.55. The molecule has 0 saturated heterocycles. The lowest BCUT2D eigenvalue weighted by atomic mass is 10.1. The molecule has 1 amide bonds. The Morgan fingerprint density at radius 2 is 1.71 bits per heavy atom. The van der Waals surface area contributed by atoms with Crippen LogP contribution in [0.1, 0.15) is 50.3 Å². The summed E-state index contributed by atoms with van der Waals surface area (Å²) < 4.78 is 7.95. The molecule has 0 N–H and O–H groups in total. The van der Waals surface area contributed by atoms with E-state index < -0.39 is 0 Å². The number of amides is 1. The number of hydrogen-bond acceptors (Lipinski definition) is 4. The highest BCUT2D eigenvalue weighted by Crippen LogP contribution is 2.21. The van der Waals surface area contributed by atoms with Gasteiger partial charge in [-0.25, -0.2) is 0 Å². The first-order valence-electron chi connectivity index (χ1n) is 11.0. The van der Waals surface area contributed by atoms with E-state index in [1.54, 1.807) is 11.5 Å². The standard InChI is InChI=1S/C25H30N2O3S/c1-4-7-8-19-13-14-21-22(15-19)31-25(27(21)17-24(29)30-6-3)26-23(28)16-20-11-9-18(5-2)10-12-20/h9-15H,4-8,16-17H2,1-3H3. The number of carbonyl (C=O) groups is 2. The van der Waals surface area contributed by atoms with E-state index in [2.05, 4.69) is 31.0 Å². The Kier molecular flexibility index (Phi) is 8.18. The van der Waals surface area contributed by atoms with Crippen molar-refractivity contribution in [2.45, 2.75) is 59.4 Å². The van der Waals surface area contributed by atoms with Crippen LogP contribution in [0.25, 0.3) is 10.2 Å². The van der Waals surface area contributed by atoms with Crippen molar-refractivity contribution in [1.29, 1.82) is 0 Å². The average Bonchev–Trinajstić information content (AvgIpc) is 3.08. The van der Waals surface area contributed by atoms with E-state index >= 15 is 0 Å². The van der Waals surface area contributed by atoms with Crippen LogP contribution < -0.4 is 4.80 Å². The summed E-state index contributed by atoms with van der Waals surface area (Å²) in [4.78, 5) is 29.8. The molecule has 0 aliphatic heterocycles. The van der Waals surface area contributed by atoms with Crippen LogP contribution in [0.15, 0.2) is 47.5 Å². The Balaban J connectivity index is 1.94. The first kappa shape index (κ1) is 22.9. The minimum absolute atomic E-state index is 0.0411. The molecule has 0 atom stereocenters. The van der Waals surface area contributed by atoms with E-state index in [0.29, 0.717) is 11.4 Å². The van der Waals surface area contributed by atoms with E-state index in [0.717, 1.165) is 41.5 Å². The van der Waals surface area contributed by atoms with Gasteiger partial charge in [0.15, 0.2) is 4.80 Å². The van der Waals surface area contributed by atoms with Crippen LogP contribution in [0.2, 0.25) is 0 Å². The molecule has 0 saturated carbocycles. The third kappa shape index (κ3) is 6.14. The van der Waals surface area contributed by atoms with Gasteiger partial charge in [0.2, 0.25) is 0 Å². The van der Waals surface area contributed by atoms with E-state index in [9.17, 15) is 9.59 Å². The minimum Gasteiger partial charge on any atom is -0.465 e. The quantitative estimate of drug-likeness (QED) is 0.449. The first-order valence-corrected chi connectivity index (χ1v) is 11.8. The lowest BCUT2D eigenvalue weighted by Gasteiger charge is -2.06. The molecule has 2 aromatic carbocycles.